The summed E-state index contributed by atoms with van der Waals surface area (Å²) in [6, 6.07) is 22.9. The quantitative estimate of drug-likeness (QED) is 0.228. The Kier molecular flexibility index (Phi) is 10.9. The van der Waals surface area contributed by atoms with Gasteiger partial charge in [-0.05, 0) is 49.7 Å². The first-order valence-corrected chi connectivity index (χ1v) is 17.8. The number of hydrogen-bond donors (Lipinski definition) is 0. The molecule has 0 unspecified atom stereocenters. The van der Waals surface area contributed by atoms with Crippen LogP contribution in [0.5, 0.6) is 0 Å². The van der Waals surface area contributed by atoms with Gasteiger partial charge in [0.25, 0.3) is 30.1 Å². The maximum Gasteiger partial charge on any atom is 0.284 e. The van der Waals surface area contributed by atoms with Gasteiger partial charge in [0.05, 0.1) is 14.7 Å². The molecule has 0 fully saturated rings. The van der Waals surface area contributed by atoms with Crippen LogP contribution in [0.2, 0.25) is 0 Å². The molecule has 0 saturated carbocycles. The molecule has 0 aliphatic heterocycles. The van der Waals surface area contributed by atoms with E-state index in [2.05, 4.69) is 30.2 Å². The summed E-state index contributed by atoms with van der Waals surface area (Å²) in [5, 5.41) is 11.2. The second kappa shape index (κ2) is 14.8. The van der Waals surface area contributed by atoms with E-state index in [0.29, 0.717) is 12.2 Å². The molecule has 3 aromatic heterocycles. The molecular weight excluding hydrogens is 655 g/mol. The lowest BCUT2D eigenvalue weighted by Gasteiger charge is -2.03. The summed E-state index contributed by atoms with van der Waals surface area (Å²) >= 11 is 0. The topological polar surface area (TPSA) is 195 Å². The molecule has 0 bridgehead atoms. The first kappa shape index (κ1) is 33.8. The molecule has 3 heterocycles. The second-order valence-corrected chi connectivity index (χ2v) is 14.7. The van der Waals surface area contributed by atoms with Crippen LogP contribution in [-0.4, -0.2) is 67.8 Å². The Hall–Kier alpha value is -5.07. The normalized spacial score (nSPS) is 11.5. The van der Waals surface area contributed by atoms with Crippen molar-refractivity contribution in [1.29, 1.82) is 0 Å². The zero-order valence-corrected chi connectivity index (χ0v) is 27.0. The highest BCUT2D eigenvalue weighted by Gasteiger charge is 2.19. The summed E-state index contributed by atoms with van der Waals surface area (Å²) in [6.45, 7) is 3.89. The van der Waals surface area contributed by atoms with Crippen LogP contribution in [-0.2, 0) is 36.5 Å². The number of benzene rings is 3. The molecule has 0 N–H and O–H groups in total. The zero-order chi connectivity index (χ0) is 33.2. The predicted octanol–water partition coefficient (Wildman–Crippen LogP) is 2.81. The minimum Gasteiger partial charge on any atom is -0.222 e. The van der Waals surface area contributed by atoms with Crippen molar-refractivity contribution in [3.05, 3.63) is 128 Å². The minimum atomic E-state index is -3.59. The lowest BCUT2D eigenvalue weighted by molar-refractivity contribution is 0.577. The molecule has 0 aliphatic carbocycles. The Balaban J connectivity index is 0.000000157. The van der Waals surface area contributed by atoms with Crippen LogP contribution in [0.25, 0.3) is 0 Å². The van der Waals surface area contributed by atoms with Crippen molar-refractivity contribution in [2.75, 3.05) is 0 Å². The van der Waals surface area contributed by atoms with E-state index in [1.165, 1.54) is 43.2 Å². The van der Waals surface area contributed by atoms with Gasteiger partial charge in [-0.25, -0.2) is 15.0 Å². The Morgan fingerprint density at radius 2 is 1.00 bits per heavy atom. The van der Waals surface area contributed by atoms with Crippen molar-refractivity contribution in [3.63, 3.8) is 0 Å². The summed E-state index contributed by atoms with van der Waals surface area (Å²) in [5.74, 6) is 0.548. The molecule has 0 atom stereocenters. The lowest BCUT2D eigenvalue weighted by atomic mass is 10.2. The average molecular weight is 684 g/mol. The molecule has 240 valence electrons. The molecule has 15 nitrogen and oxygen atoms in total. The van der Waals surface area contributed by atoms with Crippen LogP contribution in [0, 0.1) is 6.92 Å². The second-order valence-electron chi connectivity index (χ2n) is 9.27. The zero-order valence-electron chi connectivity index (χ0n) is 24.6. The monoisotopic (exact) mass is 683 g/mol. The third-order valence-electron chi connectivity index (χ3n) is 5.93. The van der Waals surface area contributed by atoms with Gasteiger partial charge in [-0.15, -0.1) is 27.6 Å². The molecule has 0 saturated heterocycles. The highest BCUT2D eigenvalue weighted by molar-refractivity contribution is 7.90. The minimum absolute atomic E-state index is 0.200. The fraction of sp³-hybridized carbons (Fsp3) is 0.143. The van der Waals surface area contributed by atoms with E-state index in [-0.39, 0.29) is 14.7 Å². The van der Waals surface area contributed by atoms with Crippen molar-refractivity contribution in [3.8, 4) is 0 Å². The van der Waals surface area contributed by atoms with Crippen LogP contribution >= 0.6 is 0 Å². The van der Waals surface area contributed by atoms with Gasteiger partial charge in [0, 0.05) is 6.42 Å². The van der Waals surface area contributed by atoms with Crippen LogP contribution in [0.3, 0.4) is 0 Å². The van der Waals surface area contributed by atoms with E-state index in [4.69, 9.17) is 0 Å². The maximum absolute atomic E-state index is 12.1. The molecule has 18 heteroatoms. The van der Waals surface area contributed by atoms with E-state index in [1.54, 1.807) is 60.7 Å². The first-order chi connectivity index (χ1) is 22.0. The van der Waals surface area contributed by atoms with Gasteiger partial charge in [0.15, 0.2) is 5.82 Å². The Labute approximate surface area is 266 Å². The van der Waals surface area contributed by atoms with Gasteiger partial charge < -0.3 is 0 Å². The molecule has 3 aromatic carbocycles. The largest absolute Gasteiger partial charge is 0.284 e. The number of aromatic nitrogens is 9. The molecule has 0 aliphatic rings. The highest BCUT2D eigenvalue weighted by atomic mass is 32.2. The van der Waals surface area contributed by atoms with Crippen molar-refractivity contribution in [1.82, 2.24) is 42.5 Å². The molecule has 6 aromatic rings. The van der Waals surface area contributed by atoms with E-state index in [9.17, 15) is 25.3 Å². The van der Waals surface area contributed by atoms with Crippen molar-refractivity contribution in [2.45, 2.75) is 41.4 Å². The van der Waals surface area contributed by atoms with E-state index in [0.717, 1.165) is 36.9 Å². The first-order valence-electron chi connectivity index (χ1n) is 13.5. The van der Waals surface area contributed by atoms with Crippen LogP contribution in [0.15, 0.2) is 131 Å². The van der Waals surface area contributed by atoms with Crippen LogP contribution < -0.4 is 0 Å². The Morgan fingerprint density at radius 3 is 1.41 bits per heavy atom. The third kappa shape index (κ3) is 8.14. The SMILES string of the molecule is CCCc1ncn(S(=O)(=O)c2ccccc2)n1.Cc1ccc(S(=O)(=O)n2cncn2)cc1.O=S(=O)(c1ccccc1)n1cncn1. The summed E-state index contributed by atoms with van der Waals surface area (Å²) in [6.07, 6.45) is 7.49. The summed E-state index contributed by atoms with van der Waals surface area (Å²) in [7, 11) is -10.7. The third-order valence-corrected chi connectivity index (χ3v) is 10.6. The fourth-order valence-electron chi connectivity index (χ4n) is 3.60. The van der Waals surface area contributed by atoms with Gasteiger partial charge in [0.2, 0.25) is 0 Å². The van der Waals surface area contributed by atoms with Crippen LogP contribution in [0.4, 0.5) is 0 Å². The van der Waals surface area contributed by atoms with E-state index >= 15 is 0 Å². The average Bonchev–Trinajstić information content (AvgIpc) is 3.87. The summed E-state index contributed by atoms with van der Waals surface area (Å²) in [4.78, 5) is 11.8. The molecule has 46 heavy (non-hydrogen) atoms. The van der Waals surface area contributed by atoms with Gasteiger partial charge in [-0.3, -0.25) is 0 Å². The smallest absolute Gasteiger partial charge is 0.222 e. The molecule has 0 amide bonds. The van der Waals surface area contributed by atoms with E-state index in [1.807, 2.05) is 13.8 Å². The summed E-state index contributed by atoms with van der Waals surface area (Å²) in [5.41, 5.74) is 1.01. The molecule has 0 radical (unpaired) electrons. The standard InChI is InChI=1S/C11H13N3O2S.C9H9N3O2S.C8H7N3O2S/c1-2-6-11-12-9-14(13-11)17(15,16)10-7-4-3-5-8-10;1-8-2-4-9(5-3-8)15(13,14)12-7-10-6-11-12;12-14(13,11-7-9-6-10-11)8-4-2-1-3-5-8/h3-5,7-9H,2,6H2,1H3;2-7H,1H3;1-7H. The number of aryl methyl sites for hydroxylation is 2. The molecular formula is C28H29N9O6S3. The number of nitrogens with zero attached hydrogens (tertiary/aromatic N) is 9. The van der Waals surface area contributed by atoms with Gasteiger partial charge >= 0.3 is 0 Å². The van der Waals surface area contributed by atoms with Crippen molar-refractivity contribution >= 4 is 30.1 Å². The summed E-state index contributed by atoms with van der Waals surface area (Å²) < 4.78 is 74.1. The maximum atomic E-state index is 12.1. The highest BCUT2D eigenvalue weighted by Crippen LogP contribution is 2.14. The van der Waals surface area contributed by atoms with Gasteiger partial charge in [-0.1, -0.05) is 61.0 Å². The lowest BCUT2D eigenvalue weighted by Crippen LogP contribution is -2.13. The van der Waals surface area contributed by atoms with Crippen molar-refractivity contribution in [2.24, 2.45) is 0 Å². The van der Waals surface area contributed by atoms with Gasteiger partial charge in [0.1, 0.15) is 31.6 Å². The Bertz CT molecular complexity index is 2140. The fourth-order valence-corrected chi connectivity index (χ4v) is 6.79. The Morgan fingerprint density at radius 1 is 0.565 bits per heavy atom. The van der Waals surface area contributed by atoms with Crippen molar-refractivity contribution < 1.29 is 25.3 Å². The number of hydrogen-bond acceptors (Lipinski definition) is 12. The number of rotatable bonds is 8. The molecule has 6 rings (SSSR count). The van der Waals surface area contributed by atoms with E-state index < -0.39 is 30.1 Å². The predicted molar refractivity (Wildman–Crippen MR) is 166 cm³/mol. The van der Waals surface area contributed by atoms with Gasteiger partial charge in [-0.2, -0.15) is 25.3 Å². The van der Waals surface area contributed by atoms with Crippen LogP contribution in [0.1, 0.15) is 24.7 Å². The molecule has 0 spiro atoms.